The van der Waals surface area contributed by atoms with Crippen LogP contribution in [0.2, 0.25) is 0 Å². The van der Waals surface area contributed by atoms with E-state index in [1.807, 2.05) is 18.2 Å². The number of aromatic nitrogens is 4. The SMILES string of the molecule is Nc1ncnc2ccc(-c3cnc(CNc4ncccc4C(O)NCc4ccc(F)c(F)c4)s3)cc12. The zero-order chi connectivity index (χ0) is 25.1. The molecule has 0 fully saturated rings. The molecule has 8 nitrogen and oxygen atoms in total. The van der Waals surface area contributed by atoms with E-state index in [1.54, 1.807) is 24.5 Å². The number of anilines is 2. The smallest absolute Gasteiger partial charge is 0.159 e. The summed E-state index contributed by atoms with van der Waals surface area (Å²) < 4.78 is 26.6. The van der Waals surface area contributed by atoms with Crippen LogP contribution in [-0.4, -0.2) is 25.0 Å². The second-order valence-electron chi connectivity index (χ2n) is 7.94. The summed E-state index contributed by atoms with van der Waals surface area (Å²) >= 11 is 1.52. The number of benzene rings is 2. The number of rotatable bonds is 8. The molecular weight excluding hydrogens is 484 g/mol. The van der Waals surface area contributed by atoms with Gasteiger partial charge in [-0.25, -0.2) is 28.7 Å². The Bertz CT molecular complexity index is 1530. The summed E-state index contributed by atoms with van der Waals surface area (Å²) in [4.78, 5) is 18.1. The van der Waals surface area contributed by atoms with E-state index in [1.165, 1.54) is 23.7 Å². The first-order valence-electron chi connectivity index (χ1n) is 11.0. The van der Waals surface area contributed by atoms with Gasteiger partial charge in [-0.1, -0.05) is 12.1 Å². The molecule has 0 saturated heterocycles. The van der Waals surface area contributed by atoms with Gasteiger partial charge in [-0.05, 0) is 47.5 Å². The fourth-order valence-corrected chi connectivity index (χ4v) is 4.53. The summed E-state index contributed by atoms with van der Waals surface area (Å²) in [6.45, 7) is 0.535. The van der Waals surface area contributed by atoms with Gasteiger partial charge in [0.2, 0.25) is 0 Å². The topological polar surface area (TPSA) is 122 Å². The van der Waals surface area contributed by atoms with Crippen LogP contribution >= 0.6 is 11.3 Å². The zero-order valence-electron chi connectivity index (χ0n) is 18.8. The highest BCUT2D eigenvalue weighted by molar-refractivity contribution is 7.15. The van der Waals surface area contributed by atoms with E-state index in [0.717, 1.165) is 38.5 Å². The molecule has 5 aromatic rings. The van der Waals surface area contributed by atoms with Crippen molar-refractivity contribution in [1.82, 2.24) is 25.3 Å². The monoisotopic (exact) mass is 505 g/mol. The van der Waals surface area contributed by atoms with Crippen molar-refractivity contribution < 1.29 is 13.9 Å². The molecule has 5 N–H and O–H groups in total. The molecule has 0 bridgehead atoms. The van der Waals surface area contributed by atoms with E-state index in [-0.39, 0.29) is 6.54 Å². The molecule has 0 aliphatic carbocycles. The summed E-state index contributed by atoms with van der Waals surface area (Å²) in [6, 6.07) is 12.8. The number of nitrogens with two attached hydrogens (primary N) is 1. The number of pyridine rings is 1. The molecule has 5 rings (SSSR count). The molecule has 2 aromatic carbocycles. The number of aliphatic hydroxyl groups excluding tert-OH is 1. The Morgan fingerprint density at radius 3 is 2.72 bits per heavy atom. The van der Waals surface area contributed by atoms with Crippen LogP contribution in [0, 0.1) is 11.6 Å². The highest BCUT2D eigenvalue weighted by Crippen LogP contribution is 2.30. The maximum absolute atomic E-state index is 13.4. The molecule has 182 valence electrons. The summed E-state index contributed by atoms with van der Waals surface area (Å²) in [5, 5.41) is 18.4. The number of hydrogen-bond donors (Lipinski definition) is 4. The maximum Gasteiger partial charge on any atom is 0.159 e. The maximum atomic E-state index is 13.4. The van der Waals surface area contributed by atoms with Crippen molar-refractivity contribution in [2.24, 2.45) is 0 Å². The van der Waals surface area contributed by atoms with Gasteiger partial charge < -0.3 is 16.2 Å². The highest BCUT2D eigenvalue weighted by Gasteiger charge is 2.14. The number of fused-ring (bicyclic) bond motifs is 1. The van der Waals surface area contributed by atoms with Crippen molar-refractivity contribution >= 4 is 33.9 Å². The average molecular weight is 506 g/mol. The minimum absolute atomic E-state index is 0.143. The van der Waals surface area contributed by atoms with Gasteiger partial charge >= 0.3 is 0 Å². The first-order chi connectivity index (χ1) is 17.5. The van der Waals surface area contributed by atoms with E-state index in [2.05, 4.69) is 30.6 Å². The van der Waals surface area contributed by atoms with Crippen LogP contribution in [0.25, 0.3) is 21.3 Å². The lowest BCUT2D eigenvalue weighted by Crippen LogP contribution is -2.22. The number of aliphatic hydroxyl groups is 1. The number of nitrogens with one attached hydrogen (secondary N) is 2. The molecule has 0 spiro atoms. The zero-order valence-corrected chi connectivity index (χ0v) is 19.6. The van der Waals surface area contributed by atoms with E-state index in [4.69, 9.17) is 5.73 Å². The van der Waals surface area contributed by atoms with Gasteiger partial charge in [0.1, 0.15) is 29.2 Å². The molecule has 1 unspecified atom stereocenters. The van der Waals surface area contributed by atoms with E-state index in [9.17, 15) is 13.9 Å². The standard InChI is InChI=1S/C25H21F2N7OS/c26-18-5-3-14(8-19(18)27)10-32-25(35)16-2-1-7-29-24(16)31-12-22-30-11-21(36-22)15-4-6-20-17(9-15)23(28)34-13-33-20/h1-9,11,13,25,32,35H,10,12H2,(H,29,31)(H2,28,33,34). The van der Waals surface area contributed by atoms with E-state index in [0.29, 0.717) is 29.3 Å². The largest absolute Gasteiger partial charge is 0.383 e. The third-order valence-corrected chi connectivity index (χ3v) is 6.57. The van der Waals surface area contributed by atoms with Crippen molar-refractivity contribution in [1.29, 1.82) is 0 Å². The first kappa shape index (κ1) is 23.7. The van der Waals surface area contributed by atoms with Gasteiger partial charge in [0.15, 0.2) is 11.6 Å². The lowest BCUT2D eigenvalue weighted by Gasteiger charge is -2.17. The molecule has 0 aliphatic heterocycles. The Hall–Kier alpha value is -4.06. The molecule has 0 aliphatic rings. The Labute approximate surface area is 208 Å². The van der Waals surface area contributed by atoms with Gasteiger partial charge in [-0.3, -0.25) is 5.32 Å². The molecule has 3 heterocycles. The van der Waals surface area contributed by atoms with Crippen molar-refractivity contribution in [2.45, 2.75) is 19.3 Å². The number of halogens is 2. The number of thiazole rings is 1. The molecule has 0 saturated carbocycles. The van der Waals surface area contributed by atoms with Gasteiger partial charge in [-0.2, -0.15) is 0 Å². The quantitative estimate of drug-likeness (QED) is 0.229. The predicted octanol–water partition coefficient (Wildman–Crippen LogP) is 4.40. The molecule has 1 atom stereocenters. The van der Waals surface area contributed by atoms with E-state index < -0.39 is 17.9 Å². The van der Waals surface area contributed by atoms with Crippen LogP contribution in [0.5, 0.6) is 0 Å². The minimum atomic E-state index is -1.08. The Morgan fingerprint density at radius 1 is 0.972 bits per heavy atom. The van der Waals surface area contributed by atoms with Crippen LogP contribution in [0.3, 0.4) is 0 Å². The third-order valence-electron chi connectivity index (χ3n) is 5.53. The van der Waals surface area contributed by atoms with Gasteiger partial charge in [0.25, 0.3) is 0 Å². The molecule has 0 amide bonds. The number of hydrogen-bond acceptors (Lipinski definition) is 9. The first-order valence-corrected chi connectivity index (χ1v) is 11.8. The van der Waals surface area contributed by atoms with Gasteiger partial charge in [0.05, 0.1) is 16.9 Å². The van der Waals surface area contributed by atoms with Crippen LogP contribution in [-0.2, 0) is 13.1 Å². The Morgan fingerprint density at radius 2 is 1.86 bits per heavy atom. The molecular formula is C25H21F2N7OS. The summed E-state index contributed by atoms with van der Waals surface area (Å²) in [5.41, 5.74) is 8.74. The lowest BCUT2D eigenvalue weighted by atomic mass is 10.1. The molecule has 36 heavy (non-hydrogen) atoms. The normalized spacial score (nSPS) is 12.1. The third kappa shape index (κ3) is 5.13. The fraction of sp³-hybridized carbons (Fsp3) is 0.120. The predicted molar refractivity (Wildman–Crippen MR) is 135 cm³/mol. The van der Waals surface area contributed by atoms with Crippen molar-refractivity contribution in [2.75, 3.05) is 11.1 Å². The summed E-state index contributed by atoms with van der Waals surface area (Å²) in [7, 11) is 0. The van der Waals surface area contributed by atoms with Crippen LogP contribution in [0.1, 0.15) is 22.4 Å². The summed E-state index contributed by atoms with van der Waals surface area (Å²) in [5.74, 6) is -0.944. The second kappa shape index (κ2) is 10.3. The number of nitrogens with zero attached hydrogens (tertiary/aromatic N) is 4. The van der Waals surface area contributed by atoms with Crippen LogP contribution < -0.4 is 16.4 Å². The van der Waals surface area contributed by atoms with E-state index >= 15 is 0 Å². The molecule has 3 aromatic heterocycles. The van der Waals surface area contributed by atoms with Crippen LogP contribution in [0.4, 0.5) is 20.4 Å². The number of nitrogen functional groups attached to an aromatic ring is 1. The van der Waals surface area contributed by atoms with Crippen molar-refractivity contribution in [3.63, 3.8) is 0 Å². The fourth-order valence-electron chi connectivity index (χ4n) is 3.67. The summed E-state index contributed by atoms with van der Waals surface area (Å²) in [6.07, 6.45) is 3.77. The van der Waals surface area contributed by atoms with Crippen molar-refractivity contribution in [3.8, 4) is 10.4 Å². The molecule has 0 radical (unpaired) electrons. The Balaban J connectivity index is 1.26. The lowest BCUT2D eigenvalue weighted by molar-refractivity contribution is 0.137. The highest BCUT2D eigenvalue weighted by atomic mass is 32.1. The van der Waals surface area contributed by atoms with Crippen LogP contribution in [0.15, 0.2) is 67.3 Å². The van der Waals surface area contributed by atoms with Gasteiger partial charge in [0, 0.05) is 29.9 Å². The Kier molecular flexibility index (Phi) is 6.76. The van der Waals surface area contributed by atoms with Gasteiger partial charge in [-0.15, -0.1) is 11.3 Å². The van der Waals surface area contributed by atoms with Crippen molar-refractivity contribution in [3.05, 3.63) is 95.0 Å². The average Bonchev–Trinajstić information content (AvgIpc) is 3.37. The second-order valence-corrected chi connectivity index (χ2v) is 9.05. The minimum Gasteiger partial charge on any atom is -0.383 e. The molecule has 11 heteroatoms.